The summed E-state index contributed by atoms with van der Waals surface area (Å²) in [5.41, 5.74) is 0.840. The largest absolute Gasteiger partial charge is 0.496 e. The van der Waals surface area contributed by atoms with E-state index in [4.69, 9.17) is 17.0 Å². The molecule has 0 aliphatic carbocycles. The first-order valence-corrected chi connectivity index (χ1v) is 11.0. The summed E-state index contributed by atoms with van der Waals surface area (Å²) in [6.45, 7) is 0.410. The van der Waals surface area contributed by atoms with Crippen LogP contribution in [-0.4, -0.2) is 37.3 Å². The van der Waals surface area contributed by atoms with Gasteiger partial charge in [-0.2, -0.15) is 5.10 Å². The van der Waals surface area contributed by atoms with Gasteiger partial charge in [0.15, 0.2) is 10.6 Å². The molecule has 1 amide bonds. The average molecular weight is 455 g/mol. The van der Waals surface area contributed by atoms with Gasteiger partial charge < -0.3 is 14.6 Å². The second-order valence-corrected chi connectivity index (χ2v) is 8.20. The molecule has 160 valence electrons. The number of ether oxygens (including phenoxy) is 1. The number of aromatic nitrogens is 5. The topological polar surface area (TPSA) is 89.8 Å². The van der Waals surface area contributed by atoms with E-state index in [9.17, 15) is 4.79 Å². The van der Waals surface area contributed by atoms with Gasteiger partial charge >= 0.3 is 0 Å². The fraction of sp³-hybridized carbons (Fsp3) is 0.238. The third kappa shape index (κ3) is 4.44. The lowest BCUT2D eigenvalue weighted by atomic mass is 10.0. The SMILES string of the molecule is COc1ccccc1C(NC(=O)CCn1c(-c2cccs2)n[nH]c1=S)c1nccn1C. The molecule has 3 aromatic heterocycles. The Labute approximate surface area is 188 Å². The molecule has 0 saturated heterocycles. The Kier molecular flexibility index (Phi) is 6.28. The molecule has 3 heterocycles. The molecule has 1 aromatic carbocycles. The number of imidazole rings is 1. The molecule has 31 heavy (non-hydrogen) atoms. The number of carbonyl (C=O) groups excluding carboxylic acids is 1. The molecule has 1 unspecified atom stereocenters. The van der Waals surface area contributed by atoms with Crippen LogP contribution in [0.25, 0.3) is 10.7 Å². The quantitative estimate of drug-likeness (QED) is 0.396. The number of rotatable bonds is 8. The maximum absolute atomic E-state index is 13.0. The first kappa shape index (κ1) is 21.0. The van der Waals surface area contributed by atoms with Crippen molar-refractivity contribution >= 4 is 29.5 Å². The van der Waals surface area contributed by atoms with Crippen LogP contribution in [-0.2, 0) is 18.4 Å². The van der Waals surface area contributed by atoms with Gasteiger partial charge in [-0.1, -0.05) is 24.3 Å². The van der Waals surface area contributed by atoms with Crippen LogP contribution in [0.1, 0.15) is 23.9 Å². The van der Waals surface area contributed by atoms with Crippen molar-refractivity contribution in [1.82, 2.24) is 29.6 Å². The van der Waals surface area contributed by atoms with E-state index in [1.165, 1.54) is 0 Å². The highest BCUT2D eigenvalue weighted by Gasteiger charge is 2.24. The summed E-state index contributed by atoms with van der Waals surface area (Å²) in [6.07, 6.45) is 3.80. The first-order chi connectivity index (χ1) is 15.1. The molecule has 1 atom stereocenters. The number of aromatic amines is 1. The number of hydrogen-bond acceptors (Lipinski definition) is 6. The van der Waals surface area contributed by atoms with E-state index in [1.807, 2.05) is 64.2 Å². The number of amides is 1. The number of methoxy groups -OCH3 is 1. The third-order valence-electron chi connectivity index (χ3n) is 4.93. The maximum Gasteiger partial charge on any atom is 0.222 e. The summed E-state index contributed by atoms with van der Waals surface area (Å²) in [4.78, 5) is 18.4. The van der Waals surface area contributed by atoms with Crippen molar-refractivity contribution in [2.75, 3.05) is 7.11 Å². The maximum atomic E-state index is 13.0. The lowest BCUT2D eigenvalue weighted by Crippen LogP contribution is -2.32. The van der Waals surface area contributed by atoms with Crippen LogP contribution >= 0.6 is 23.6 Å². The van der Waals surface area contributed by atoms with Crippen molar-refractivity contribution in [2.24, 2.45) is 7.05 Å². The molecule has 4 rings (SSSR count). The van der Waals surface area contributed by atoms with Gasteiger partial charge in [0.1, 0.15) is 17.6 Å². The minimum absolute atomic E-state index is 0.126. The molecule has 0 radical (unpaired) electrons. The monoisotopic (exact) mass is 454 g/mol. The number of thiophene rings is 1. The highest BCUT2D eigenvalue weighted by atomic mass is 32.1. The third-order valence-corrected chi connectivity index (χ3v) is 6.11. The second-order valence-electron chi connectivity index (χ2n) is 6.87. The molecular formula is C21H22N6O2S2. The molecule has 0 saturated carbocycles. The Morgan fingerprint density at radius 3 is 2.87 bits per heavy atom. The predicted molar refractivity (Wildman–Crippen MR) is 122 cm³/mol. The molecule has 10 heteroatoms. The van der Waals surface area contributed by atoms with Gasteiger partial charge in [-0.05, 0) is 29.7 Å². The number of nitrogens with zero attached hydrogens (tertiary/aromatic N) is 4. The van der Waals surface area contributed by atoms with Crippen LogP contribution < -0.4 is 10.1 Å². The zero-order chi connectivity index (χ0) is 21.8. The standard InChI is InChI=1S/C21H22N6O2S2/c1-26-12-10-22-20(26)18(14-6-3-4-7-15(14)29-2)23-17(28)9-11-27-19(24-25-21(27)30)16-8-5-13-31-16/h3-8,10,12-13,18H,9,11H2,1-2H3,(H,23,28)(H,25,30). The number of H-pyrrole nitrogens is 1. The van der Waals surface area contributed by atoms with Crippen molar-refractivity contribution in [3.63, 3.8) is 0 Å². The van der Waals surface area contributed by atoms with Crippen molar-refractivity contribution < 1.29 is 9.53 Å². The molecule has 0 spiro atoms. The van der Waals surface area contributed by atoms with Gasteiger partial charge in [0.05, 0.1) is 12.0 Å². The average Bonchev–Trinajstić information content (AvgIpc) is 3.52. The van der Waals surface area contributed by atoms with E-state index in [2.05, 4.69) is 20.5 Å². The van der Waals surface area contributed by atoms with Crippen LogP contribution in [0.3, 0.4) is 0 Å². The first-order valence-electron chi connectivity index (χ1n) is 9.67. The van der Waals surface area contributed by atoms with E-state index in [0.29, 0.717) is 17.1 Å². The predicted octanol–water partition coefficient (Wildman–Crippen LogP) is 3.71. The normalized spacial score (nSPS) is 11.9. The van der Waals surface area contributed by atoms with Crippen LogP contribution in [0, 0.1) is 4.77 Å². The molecule has 0 fully saturated rings. The number of carbonyl (C=O) groups is 1. The van der Waals surface area contributed by atoms with Crippen molar-refractivity contribution in [1.29, 1.82) is 0 Å². The number of para-hydroxylation sites is 1. The van der Waals surface area contributed by atoms with Crippen molar-refractivity contribution in [3.05, 3.63) is 70.3 Å². The zero-order valence-corrected chi connectivity index (χ0v) is 18.7. The van der Waals surface area contributed by atoms with Gasteiger partial charge in [0.25, 0.3) is 0 Å². The van der Waals surface area contributed by atoms with E-state index in [1.54, 1.807) is 24.6 Å². The molecule has 0 aliphatic rings. The minimum atomic E-state index is -0.447. The summed E-state index contributed by atoms with van der Waals surface area (Å²) in [5.74, 6) is 2.02. The molecule has 8 nitrogen and oxygen atoms in total. The Bertz CT molecular complexity index is 1220. The Balaban J connectivity index is 1.55. The molecule has 0 bridgehead atoms. The smallest absolute Gasteiger partial charge is 0.222 e. The Morgan fingerprint density at radius 2 is 2.16 bits per heavy atom. The van der Waals surface area contributed by atoms with E-state index in [-0.39, 0.29) is 12.3 Å². The zero-order valence-electron chi connectivity index (χ0n) is 17.1. The molecule has 4 aromatic rings. The van der Waals surface area contributed by atoms with E-state index >= 15 is 0 Å². The lowest BCUT2D eigenvalue weighted by molar-refractivity contribution is -0.121. The van der Waals surface area contributed by atoms with E-state index in [0.717, 1.165) is 22.1 Å². The number of benzene rings is 1. The highest BCUT2D eigenvalue weighted by molar-refractivity contribution is 7.71. The lowest BCUT2D eigenvalue weighted by Gasteiger charge is -2.21. The van der Waals surface area contributed by atoms with Crippen molar-refractivity contribution in [2.45, 2.75) is 19.0 Å². The summed E-state index contributed by atoms with van der Waals surface area (Å²) in [5, 5.41) is 12.2. The fourth-order valence-corrected chi connectivity index (χ4v) is 4.35. The summed E-state index contributed by atoms with van der Waals surface area (Å²) in [7, 11) is 3.51. The Morgan fingerprint density at radius 1 is 1.32 bits per heavy atom. The van der Waals surface area contributed by atoms with Crippen LogP contribution in [0.4, 0.5) is 0 Å². The second kappa shape index (κ2) is 9.27. The minimum Gasteiger partial charge on any atom is -0.496 e. The highest BCUT2D eigenvalue weighted by Crippen LogP contribution is 2.29. The number of nitrogens with one attached hydrogen (secondary N) is 2. The number of aryl methyl sites for hydroxylation is 1. The summed E-state index contributed by atoms with van der Waals surface area (Å²) >= 11 is 6.94. The molecular weight excluding hydrogens is 432 g/mol. The van der Waals surface area contributed by atoms with Gasteiger partial charge in [0.2, 0.25) is 5.91 Å². The van der Waals surface area contributed by atoms with Gasteiger partial charge in [-0.3, -0.25) is 14.5 Å². The Hall–Kier alpha value is -3.24. The van der Waals surface area contributed by atoms with E-state index < -0.39 is 6.04 Å². The molecule has 0 aliphatic heterocycles. The summed E-state index contributed by atoms with van der Waals surface area (Å²) < 4.78 is 9.74. The fourth-order valence-electron chi connectivity index (χ4n) is 3.41. The molecule has 2 N–H and O–H groups in total. The van der Waals surface area contributed by atoms with Crippen molar-refractivity contribution in [3.8, 4) is 16.5 Å². The van der Waals surface area contributed by atoms with Gasteiger partial charge in [-0.15, -0.1) is 11.3 Å². The summed E-state index contributed by atoms with van der Waals surface area (Å²) in [6, 6.07) is 11.1. The van der Waals surface area contributed by atoms with Gasteiger partial charge in [0, 0.05) is 38.0 Å². The van der Waals surface area contributed by atoms with Crippen LogP contribution in [0.15, 0.2) is 54.2 Å². The van der Waals surface area contributed by atoms with Crippen LogP contribution in [0.2, 0.25) is 0 Å². The number of hydrogen-bond donors (Lipinski definition) is 2. The van der Waals surface area contributed by atoms with Gasteiger partial charge in [-0.25, -0.2) is 4.98 Å². The van der Waals surface area contributed by atoms with Crippen LogP contribution in [0.5, 0.6) is 5.75 Å².